The Labute approximate surface area is 177 Å². The van der Waals surface area contributed by atoms with Gasteiger partial charge in [-0.05, 0) is 41.0 Å². The first-order valence-electron chi connectivity index (χ1n) is 9.85. The molecule has 0 aromatic heterocycles. The molecular weight excluding hydrogens is 441 g/mol. The van der Waals surface area contributed by atoms with Crippen LogP contribution in [0.2, 0.25) is 0 Å². The number of amides is 1. The molecule has 1 atom stereocenters. The summed E-state index contributed by atoms with van der Waals surface area (Å²) in [5.74, 6) is 1.17. The van der Waals surface area contributed by atoms with E-state index in [4.69, 9.17) is 4.99 Å². The minimum Gasteiger partial charge on any atom is -0.357 e. The molecule has 1 amide bonds. The van der Waals surface area contributed by atoms with Gasteiger partial charge in [0.05, 0.1) is 6.54 Å². The van der Waals surface area contributed by atoms with Crippen LogP contribution >= 0.6 is 24.0 Å². The molecule has 0 aromatic carbocycles. The van der Waals surface area contributed by atoms with Gasteiger partial charge in [0, 0.05) is 50.2 Å². The zero-order valence-electron chi connectivity index (χ0n) is 17.7. The molecule has 0 bridgehead atoms. The molecule has 0 saturated carbocycles. The van der Waals surface area contributed by atoms with Crippen molar-refractivity contribution in [2.75, 3.05) is 32.7 Å². The van der Waals surface area contributed by atoms with E-state index in [0.29, 0.717) is 12.1 Å². The molecule has 0 radical (unpaired) electrons. The number of nitrogens with one attached hydrogen (secondary N) is 2. The summed E-state index contributed by atoms with van der Waals surface area (Å²) in [6.07, 6.45) is 0.979. The molecule has 1 aliphatic rings. The van der Waals surface area contributed by atoms with Gasteiger partial charge in [0.2, 0.25) is 5.91 Å². The minimum atomic E-state index is 0. The van der Waals surface area contributed by atoms with E-state index in [1.165, 1.54) is 0 Å². The van der Waals surface area contributed by atoms with Gasteiger partial charge in [0.1, 0.15) is 0 Å². The molecule has 2 N–H and O–H groups in total. The first kappa shape index (κ1) is 25.4. The number of carbonyl (C=O) groups is 1. The maximum Gasteiger partial charge on any atom is 0.225 e. The molecule has 1 rings (SSSR count). The number of rotatable bonds is 8. The van der Waals surface area contributed by atoms with Gasteiger partial charge in [0.25, 0.3) is 0 Å². The van der Waals surface area contributed by atoms with Crippen LogP contribution in [0.25, 0.3) is 0 Å². The van der Waals surface area contributed by atoms with Crippen LogP contribution in [0.1, 0.15) is 54.9 Å². The van der Waals surface area contributed by atoms with Gasteiger partial charge in [-0.3, -0.25) is 14.7 Å². The zero-order valence-corrected chi connectivity index (χ0v) is 20.0. The van der Waals surface area contributed by atoms with Crippen molar-refractivity contribution in [1.29, 1.82) is 0 Å². The normalized spacial score (nSPS) is 18.0. The molecule has 1 fully saturated rings. The number of carbonyl (C=O) groups excluding carboxylic acids is 1. The Bertz CT molecular complexity index is 432. The zero-order chi connectivity index (χ0) is 19.0. The van der Waals surface area contributed by atoms with Crippen molar-refractivity contribution < 1.29 is 4.79 Å². The average molecular weight is 481 g/mol. The molecule has 1 unspecified atom stereocenters. The van der Waals surface area contributed by atoms with Gasteiger partial charge < -0.3 is 15.5 Å². The highest BCUT2D eigenvalue weighted by Gasteiger charge is 2.27. The Morgan fingerprint density at radius 3 is 2.31 bits per heavy atom. The van der Waals surface area contributed by atoms with Gasteiger partial charge in [-0.2, -0.15) is 0 Å². The van der Waals surface area contributed by atoms with Crippen molar-refractivity contribution in [3.05, 3.63) is 0 Å². The summed E-state index contributed by atoms with van der Waals surface area (Å²) in [5, 5.41) is 6.82. The number of nitrogens with zero attached hydrogens (tertiary/aromatic N) is 3. The van der Waals surface area contributed by atoms with E-state index in [1.807, 2.05) is 18.7 Å². The van der Waals surface area contributed by atoms with Crippen molar-refractivity contribution in [3.8, 4) is 0 Å². The Hall–Kier alpha value is -0.570. The predicted octanol–water partition coefficient (Wildman–Crippen LogP) is 2.54. The molecule has 26 heavy (non-hydrogen) atoms. The fourth-order valence-electron chi connectivity index (χ4n) is 3.35. The van der Waals surface area contributed by atoms with E-state index in [9.17, 15) is 4.79 Å². The summed E-state index contributed by atoms with van der Waals surface area (Å²) in [5.41, 5.74) is 0. The molecule has 0 aromatic rings. The van der Waals surface area contributed by atoms with Crippen LogP contribution in [-0.4, -0.2) is 72.5 Å². The minimum absolute atomic E-state index is 0. The highest BCUT2D eigenvalue weighted by molar-refractivity contribution is 14.0. The first-order valence-corrected chi connectivity index (χ1v) is 9.85. The van der Waals surface area contributed by atoms with Gasteiger partial charge in [-0.1, -0.05) is 13.8 Å². The molecule has 0 spiro atoms. The SMILES string of the molecule is CCNC(=NCCN(C(C)C)C(C)C)NC1CCN(C(=O)C(C)C)C1.I. The lowest BCUT2D eigenvalue weighted by Gasteiger charge is -2.29. The largest absolute Gasteiger partial charge is 0.357 e. The monoisotopic (exact) mass is 481 g/mol. The third-order valence-corrected chi connectivity index (χ3v) is 4.63. The van der Waals surface area contributed by atoms with Crippen LogP contribution < -0.4 is 10.6 Å². The Balaban J connectivity index is 0.00000625. The smallest absolute Gasteiger partial charge is 0.225 e. The maximum atomic E-state index is 12.1. The Kier molecular flexibility index (Phi) is 12.5. The Morgan fingerprint density at radius 2 is 1.81 bits per heavy atom. The summed E-state index contributed by atoms with van der Waals surface area (Å²) in [6.45, 7) is 19.1. The van der Waals surface area contributed by atoms with Gasteiger partial charge in [-0.15, -0.1) is 24.0 Å². The van der Waals surface area contributed by atoms with Gasteiger partial charge >= 0.3 is 0 Å². The second-order valence-electron chi connectivity index (χ2n) is 7.75. The van der Waals surface area contributed by atoms with Crippen LogP contribution in [0.15, 0.2) is 4.99 Å². The van der Waals surface area contributed by atoms with Crippen LogP contribution in [0.4, 0.5) is 0 Å². The number of guanidine groups is 1. The Morgan fingerprint density at radius 1 is 1.19 bits per heavy atom. The summed E-state index contributed by atoms with van der Waals surface area (Å²) in [6, 6.07) is 1.33. The number of hydrogen-bond donors (Lipinski definition) is 2. The molecule has 1 heterocycles. The van der Waals surface area contributed by atoms with Gasteiger partial charge in [0.15, 0.2) is 5.96 Å². The quantitative estimate of drug-likeness (QED) is 0.318. The molecule has 1 aliphatic heterocycles. The summed E-state index contributed by atoms with van der Waals surface area (Å²) in [7, 11) is 0. The molecule has 6 nitrogen and oxygen atoms in total. The van der Waals surface area contributed by atoms with Crippen molar-refractivity contribution >= 4 is 35.8 Å². The van der Waals surface area contributed by atoms with E-state index in [-0.39, 0.29) is 41.8 Å². The maximum absolute atomic E-state index is 12.1. The summed E-state index contributed by atoms with van der Waals surface area (Å²) >= 11 is 0. The van der Waals surface area contributed by atoms with Gasteiger partial charge in [-0.25, -0.2) is 0 Å². The fourth-order valence-corrected chi connectivity index (χ4v) is 3.35. The van der Waals surface area contributed by atoms with E-state index >= 15 is 0 Å². The molecule has 7 heteroatoms. The van der Waals surface area contributed by atoms with E-state index in [0.717, 1.165) is 45.1 Å². The van der Waals surface area contributed by atoms with Crippen molar-refractivity contribution in [1.82, 2.24) is 20.4 Å². The van der Waals surface area contributed by atoms with E-state index in [2.05, 4.69) is 50.2 Å². The molecular formula is C19H40IN5O. The predicted molar refractivity (Wildman–Crippen MR) is 121 cm³/mol. The van der Waals surface area contributed by atoms with Crippen molar-refractivity contribution in [2.24, 2.45) is 10.9 Å². The number of likely N-dealkylation sites (tertiary alicyclic amines) is 1. The highest BCUT2D eigenvalue weighted by Crippen LogP contribution is 2.12. The van der Waals surface area contributed by atoms with Crippen molar-refractivity contribution in [3.63, 3.8) is 0 Å². The molecule has 0 aliphatic carbocycles. The highest BCUT2D eigenvalue weighted by atomic mass is 127. The van der Waals surface area contributed by atoms with Crippen LogP contribution in [0.3, 0.4) is 0 Å². The van der Waals surface area contributed by atoms with E-state index < -0.39 is 0 Å². The van der Waals surface area contributed by atoms with Crippen molar-refractivity contribution in [2.45, 2.75) is 73.0 Å². The summed E-state index contributed by atoms with van der Waals surface area (Å²) in [4.78, 5) is 21.3. The third-order valence-electron chi connectivity index (χ3n) is 4.63. The lowest BCUT2D eigenvalue weighted by atomic mass is 10.2. The lowest BCUT2D eigenvalue weighted by molar-refractivity contribution is -0.133. The first-order chi connectivity index (χ1) is 11.8. The second kappa shape index (κ2) is 12.8. The standard InChI is InChI=1S/C19H39N5O.HI/c1-8-20-19(21-10-12-24(15(4)5)16(6)7)22-17-9-11-23(13-17)18(25)14(2)3;/h14-17H,8-13H2,1-7H3,(H2,20,21,22);1H. The lowest BCUT2D eigenvalue weighted by Crippen LogP contribution is -2.46. The second-order valence-corrected chi connectivity index (χ2v) is 7.75. The van der Waals surface area contributed by atoms with E-state index in [1.54, 1.807) is 0 Å². The number of halogens is 1. The van der Waals surface area contributed by atoms with Crippen LogP contribution in [-0.2, 0) is 4.79 Å². The van der Waals surface area contributed by atoms with Crippen LogP contribution in [0.5, 0.6) is 0 Å². The third kappa shape index (κ3) is 8.41. The number of hydrogen-bond acceptors (Lipinski definition) is 3. The summed E-state index contributed by atoms with van der Waals surface area (Å²) < 4.78 is 0. The topological polar surface area (TPSA) is 60.0 Å². The average Bonchev–Trinajstić information content (AvgIpc) is 2.98. The fraction of sp³-hybridized carbons (Fsp3) is 0.895. The molecule has 1 saturated heterocycles. The van der Waals surface area contributed by atoms with Crippen LogP contribution in [0, 0.1) is 5.92 Å². The number of aliphatic imine (C=N–C) groups is 1. The molecule has 154 valence electrons.